The maximum Gasteiger partial charge on any atom is 0.255 e. The molecule has 3 rings (SSSR count). The minimum absolute atomic E-state index is 0.190. The zero-order valence-corrected chi connectivity index (χ0v) is 13.1. The van der Waals surface area contributed by atoms with E-state index >= 15 is 0 Å². The van der Waals surface area contributed by atoms with Crippen LogP contribution in [0.15, 0.2) is 66.9 Å². The van der Waals surface area contributed by atoms with Crippen molar-refractivity contribution in [3.8, 4) is 0 Å². The Morgan fingerprint density at radius 3 is 2.46 bits per heavy atom. The number of anilines is 3. The van der Waals surface area contributed by atoms with Crippen LogP contribution in [-0.4, -0.2) is 10.9 Å². The van der Waals surface area contributed by atoms with Crippen molar-refractivity contribution in [1.29, 1.82) is 0 Å². The fourth-order valence-electron chi connectivity index (χ4n) is 2.27. The average Bonchev–Trinajstić information content (AvgIpc) is 2.59. The Kier molecular flexibility index (Phi) is 4.52. The van der Waals surface area contributed by atoms with E-state index in [0.29, 0.717) is 22.8 Å². The third kappa shape index (κ3) is 3.57. The van der Waals surface area contributed by atoms with Gasteiger partial charge in [-0.15, -0.1) is 0 Å². The molecule has 1 heterocycles. The number of para-hydroxylation sites is 1. The molecule has 5 heteroatoms. The fourth-order valence-corrected chi connectivity index (χ4v) is 2.27. The van der Waals surface area contributed by atoms with E-state index in [1.54, 1.807) is 36.4 Å². The highest BCUT2D eigenvalue weighted by Crippen LogP contribution is 2.19. The van der Waals surface area contributed by atoms with Gasteiger partial charge in [0.05, 0.1) is 17.6 Å². The summed E-state index contributed by atoms with van der Waals surface area (Å²) in [5.74, 6) is -0.0464. The molecule has 0 aliphatic heterocycles. The number of aryl methyl sites for hydroxylation is 1. The number of aromatic nitrogens is 1. The SMILES string of the molecule is Cc1ccccc1C(=O)Nc1ccc(Nc2ccccc2F)nc1. The standard InChI is InChI=1S/C19H16FN3O/c1-13-6-2-3-7-15(13)19(24)22-14-10-11-18(21-12-14)23-17-9-5-4-8-16(17)20/h2-12H,1H3,(H,21,23)(H,22,24). The summed E-state index contributed by atoms with van der Waals surface area (Å²) in [6.45, 7) is 1.88. The fraction of sp³-hybridized carbons (Fsp3) is 0.0526. The summed E-state index contributed by atoms with van der Waals surface area (Å²) >= 11 is 0. The molecule has 1 amide bonds. The predicted octanol–water partition coefficient (Wildman–Crippen LogP) is 4.53. The first-order valence-corrected chi connectivity index (χ1v) is 7.48. The van der Waals surface area contributed by atoms with Crippen LogP contribution < -0.4 is 10.6 Å². The van der Waals surface area contributed by atoms with Crippen LogP contribution in [-0.2, 0) is 0 Å². The molecule has 3 aromatic rings. The molecule has 0 saturated carbocycles. The van der Waals surface area contributed by atoms with Gasteiger partial charge in [0.25, 0.3) is 5.91 Å². The first-order valence-electron chi connectivity index (χ1n) is 7.48. The minimum atomic E-state index is -0.351. The van der Waals surface area contributed by atoms with Crippen molar-refractivity contribution >= 4 is 23.1 Å². The molecular formula is C19H16FN3O. The molecule has 0 fully saturated rings. The summed E-state index contributed by atoms with van der Waals surface area (Å²) in [6, 6.07) is 17.1. The van der Waals surface area contributed by atoms with Crippen LogP contribution in [0, 0.1) is 12.7 Å². The lowest BCUT2D eigenvalue weighted by atomic mass is 10.1. The monoisotopic (exact) mass is 321 g/mol. The van der Waals surface area contributed by atoms with Gasteiger partial charge in [0, 0.05) is 5.56 Å². The second-order valence-electron chi connectivity index (χ2n) is 5.31. The van der Waals surface area contributed by atoms with E-state index in [9.17, 15) is 9.18 Å². The number of nitrogens with one attached hydrogen (secondary N) is 2. The largest absolute Gasteiger partial charge is 0.338 e. The molecule has 0 atom stereocenters. The normalized spacial score (nSPS) is 10.2. The van der Waals surface area contributed by atoms with E-state index in [1.807, 2.05) is 25.1 Å². The molecular weight excluding hydrogens is 305 g/mol. The Balaban J connectivity index is 1.70. The Hall–Kier alpha value is -3.21. The Labute approximate surface area is 139 Å². The third-order valence-electron chi connectivity index (χ3n) is 3.55. The van der Waals surface area contributed by atoms with Gasteiger partial charge in [0.15, 0.2) is 0 Å². The quantitative estimate of drug-likeness (QED) is 0.742. The van der Waals surface area contributed by atoms with E-state index in [1.165, 1.54) is 12.3 Å². The van der Waals surface area contributed by atoms with Gasteiger partial charge < -0.3 is 10.6 Å². The number of nitrogens with zero attached hydrogens (tertiary/aromatic N) is 1. The van der Waals surface area contributed by atoms with Gasteiger partial charge in [-0.1, -0.05) is 30.3 Å². The molecule has 2 aromatic carbocycles. The van der Waals surface area contributed by atoms with E-state index in [-0.39, 0.29) is 11.7 Å². The molecule has 1 aromatic heterocycles. The van der Waals surface area contributed by atoms with Crippen molar-refractivity contribution in [2.75, 3.05) is 10.6 Å². The summed E-state index contributed by atoms with van der Waals surface area (Å²) < 4.78 is 13.6. The van der Waals surface area contributed by atoms with Crippen LogP contribution >= 0.6 is 0 Å². The molecule has 4 nitrogen and oxygen atoms in total. The Morgan fingerprint density at radius 2 is 1.75 bits per heavy atom. The van der Waals surface area contributed by atoms with Crippen molar-refractivity contribution in [3.63, 3.8) is 0 Å². The third-order valence-corrected chi connectivity index (χ3v) is 3.55. The molecule has 0 unspecified atom stereocenters. The summed E-state index contributed by atoms with van der Waals surface area (Å²) in [5.41, 5.74) is 2.44. The highest BCUT2D eigenvalue weighted by atomic mass is 19.1. The van der Waals surface area contributed by atoms with Crippen molar-refractivity contribution in [2.24, 2.45) is 0 Å². The number of carbonyl (C=O) groups is 1. The number of pyridine rings is 1. The van der Waals surface area contributed by atoms with Gasteiger partial charge >= 0.3 is 0 Å². The lowest BCUT2D eigenvalue weighted by Crippen LogP contribution is -2.13. The number of carbonyl (C=O) groups excluding carboxylic acids is 1. The number of hydrogen-bond acceptors (Lipinski definition) is 3. The van der Waals surface area contributed by atoms with Gasteiger partial charge in [0.2, 0.25) is 0 Å². The number of rotatable bonds is 4. The van der Waals surface area contributed by atoms with Crippen molar-refractivity contribution in [3.05, 3.63) is 83.8 Å². The van der Waals surface area contributed by atoms with E-state index in [0.717, 1.165) is 5.56 Å². The first kappa shape index (κ1) is 15.7. The molecule has 0 aliphatic carbocycles. The summed E-state index contributed by atoms with van der Waals surface area (Å²) in [6.07, 6.45) is 1.53. The van der Waals surface area contributed by atoms with Gasteiger partial charge in [-0.2, -0.15) is 0 Å². The molecule has 0 spiro atoms. The van der Waals surface area contributed by atoms with Gasteiger partial charge in [0.1, 0.15) is 11.6 Å². The van der Waals surface area contributed by atoms with Crippen molar-refractivity contribution in [1.82, 2.24) is 4.98 Å². The second-order valence-corrected chi connectivity index (χ2v) is 5.31. The van der Waals surface area contributed by atoms with Crippen LogP contribution in [0.2, 0.25) is 0 Å². The maximum atomic E-state index is 13.6. The van der Waals surface area contributed by atoms with Crippen LogP contribution in [0.3, 0.4) is 0 Å². The Bertz CT molecular complexity index is 862. The predicted molar refractivity (Wildman–Crippen MR) is 93.1 cm³/mol. The van der Waals surface area contributed by atoms with E-state index in [4.69, 9.17) is 0 Å². The highest BCUT2D eigenvalue weighted by Gasteiger charge is 2.09. The zero-order chi connectivity index (χ0) is 16.9. The summed E-state index contributed by atoms with van der Waals surface area (Å²) in [5, 5.41) is 5.69. The molecule has 0 aliphatic rings. The highest BCUT2D eigenvalue weighted by molar-refractivity contribution is 6.05. The van der Waals surface area contributed by atoms with Gasteiger partial charge in [-0.25, -0.2) is 9.37 Å². The first-order chi connectivity index (χ1) is 11.6. The summed E-state index contributed by atoms with van der Waals surface area (Å²) in [7, 11) is 0. The van der Waals surface area contributed by atoms with Gasteiger partial charge in [-0.3, -0.25) is 4.79 Å². The number of amides is 1. The molecule has 0 bridgehead atoms. The lowest BCUT2D eigenvalue weighted by molar-refractivity contribution is 0.102. The van der Waals surface area contributed by atoms with Crippen molar-refractivity contribution in [2.45, 2.75) is 6.92 Å². The van der Waals surface area contributed by atoms with Crippen LogP contribution in [0.1, 0.15) is 15.9 Å². The number of benzene rings is 2. The second kappa shape index (κ2) is 6.91. The molecule has 0 saturated heterocycles. The molecule has 2 N–H and O–H groups in total. The van der Waals surface area contributed by atoms with Gasteiger partial charge in [-0.05, 0) is 42.8 Å². The molecule has 24 heavy (non-hydrogen) atoms. The number of hydrogen-bond donors (Lipinski definition) is 2. The molecule has 120 valence electrons. The zero-order valence-electron chi connectivity index (χ0n) is 13.1. The van der Waals surface area contributed by atoms with Crippen LogP contribution in [0.4, 0.5) is 21.6 Å². The topological polar surface area (TPSA) is 54.0 Å². The lowest BCUT2D eigenvalue weighted by Gasteiger charge is -2.09. The van der Waals surface area contributed by atoms with Crippen LogP contribution in [0.5, 0.6) is 0 Å². The van der Waals surface area contributed by atoms with Crippen molar-refractivity contribution < 1.29 is 9.18 Å². The average molecular weight is 321 g/mol. The Morgan fingerprint density at radius 1 is 1.00 bits per heavy atom. The van der Waals surface area contributed by atoms with E-state index < -0.39 is 0 Å². The van der Waals surface area contributed by atoms with Crippen LogP contribution in [0.25, 0.3) is 0 Å². The maximum absolute atomic E-state index is 13.6. The summed E-state index contributed by atoms with van der Waals surface area (Å²) in [4.78, 5) is 16.4. The minimum Gasteiger partial charge on any atom is -0.338 e. The molecule has 0 radical (unpaired) electrons. The number of halogens is 1. The smallest absolute Gasteiger partial charge is 0.255 e. The van der Waals surface area contributed by atoms with E-state index in [2.05, 4.69) is 15.6 Å².